The van der Waals surface area contributed by atoms with Crippen LogP contribution in [0.25, 0.3) is 10.6 Å². The fourth-order valence-electron chi connectivity index (χ4n) is 2.21. The van der Waals surface area contributed by atoms with E-state index in [1.165, 1.54) is 29.5 Å². The highest BCUT2D eigenvalue weighted by atomic mass is 32.1. The molecule has 2 aromatic rings. The first kappa shape index (κ1) is 13.6. The van der Waals surface area contributed by atoms with Gasteiger partial charge in [0.25, 0.3) is 0 Å². The summed E-state index contributed by atoms with van der Waals surface area (Å²) in [6, 6.07) is 3.93. The van der Waals surface area contributed by atoms with Gasteiger partial charge in [0.2, 0.25) is 0 Å². The lowest BCUT2D eigenvalue weighted by molar-refractivity contribution is 0.589. The predicted molar refractivity (Wildman–Crippen MR) is 76.8 cm³/mol. The Morgan fingerprint density at radius 3 is 2.60 bits per heavy atom. The monoisotopic (exact) mass is 294 g/mol. The lowest BCUT2D eigenvalue weighted by atomic mass is 10.2. The number of rotatable bonds is 5. The zero-order chi connectivity index (χ0) is 14.1. The van der Waals surface area contributed by atoms with Crippen molar-refractivity contribution in [3.8, 4) is 10.6 Å². The summed E-state index contributed by atoms with van der Waals surface area (Å²) < 4.78 is 27.7. The molecule has 0 unspecified atom stereocenters. The molecule has 0 spiro atoms. The number of thiazole rings is 1. The predicted octanol–water partition coefficient (Wildman–Crippen LogP) is 4.08. The topological polar surface area (TPSA) is 24.9 Å². The highest BCUT2D eigenvalue weighted by Gasteiger charge is 2.30. The number of hydrogen-bond acceptors (Lipinski definition) is 3. The Labute approximate surface area is 120 Å². The number of nitrogens with zero attached hydrogens (tertiary/aromatic N) is 1. The Hall–Kier alpha value is -1.33. The average Bonchev–Trinajstić information content (AvgIpc) is 3.18. The molecule has 0 radical (unpaired) electrons. The smallest absolute Gasteiger partial charge is 0.136 e. The molecule has 0 aliphatic heterocycles. The van der Waals surface area contributed by atoms with Crippen LogP contribution in [0.2, 0.25) is 0 Å². The van der Waals surface area contributed by atoms with Crippen molar-refractivity contribution in [1.29, 1.82) is 0 Å². The van der Waals surface area contributed by atoms with Crippen LogP contribution in [0.5, 0.6) is 0 Å². The number of nitrogens with one attached hydrogen (secondary N) is 1. The van der Waals surface area contributed by atoms with Gasteiger partial charge in [0, 0.05) is 17.3 Å². The summed E-state index contributed by atoms with van der Waals surface area (Å²) in [6.07, 6.45) is 2.25. The minimum Gasteiger partial charge on any atom is -0.312 e. The van der Waals surface area contributed by atoms with Gasteiger partial charge in [0.15, 0.2) is 0 Å². The maximum Gasteiger partial charge on any atom is 0.136 e. The lowest BCUT2D eigenvalue weighted by Gasteiger charge is -2.00. The van der Waals surface area contributed by atoms with Gasteiger partial charge in [-0.05, 0) is 31.5 Å². The highest BCUT2D eigenvalue weighted by Crippen LogP contribution is 2.44. The van der Waals surface area contributed by atoms with Gasteiger partial charge < -0.3 is 5.32 Å². The molecule has 2 nitrogen and oxygen atoms in total. The third-order valence-corrected chi connectivity index (χ3v) is 4.49. The van der Waals surface area contributed by atoms with Crippen molar-refractivity contribution in [2.45, 2.75) is 32.2 Å². The minimum atomic E-state index is -0.545. The summed E-state index contributed by atoms with van der Waals surface area (Å²) in [5.41, 5.74) is 1.02. The summed E-state index contributed by atoms with van der Waals surface area (Å²) in [4.78, 5) is 5.62. The second-order valence-corrected chi connectivity index (χ2v) is 6.06. The molecule has 1 aromatic heterocycles. The van der Waals surface area contributed by atoms with Crippen molar-refractivity contribution >= 4 is 11.3 Å². The van der Waals surface area contributed by atoms with Crippen LogP contribution in [0.3, 0.4) is 0 Å². The van der Waals surface area contributed by atoms with E-state index < -0.39 is 11.6 Å². The molecule has 106 valence electrons. The normalized spacial score (nSPS) is 14.8. The van der Waals surface area contributed by atoms with Crippen LogP contribution in [0.4, 0.5) is 8.78 Å². The molecule has 1 aliphatic rings. The molecule has 0 saturated heterocycles. The van der Waals surface area contributed by atoms with E-state index in [0.717, 1.165) is 36.5 Å². The summed E-state index contributed by atoms with van der Waals surface area (Å²) in [6.45, 7) is 3.62. The molecule has 0 bridgehead atoms. The highest BCUT2D eigenvalue weighted by molar-refractivity contribution is 7.15. The van der Waals surface area contributed by atoms with Crippen LogP contribution >= 0.6 is 11.3 Å². The average molecular weight is 294 g/mol. The molecule has 1 fully saturated rings. The molecule has 1 N–H and O–H groups in total. The van der Waals surface area contributed by atoms with Crippen LogP contribution in [0.15, 0.2) is 18.2 Å². The maximum absolute atomic E-state index is 13.9. The molecule has 1 saturated carbocycles. The first-order valence-electron chi connectivity index (χ1n) is 6.85. The van der Waals surface area contributed by atoms with Gasteiger partial charge in [-0.25, -0.2) is 13.8 Å². The number of benzene rings is 1. The zero-order valence-electron chi connectivity index (χ0n) is 11.2. The Morgan fingerprint density at radius 2 is 2.00 bits per heavy atom. The Balaban J connectivity index is 2.01. The fraction of sp³-hybridized carbons (Fsp3) is 0.400. The Morgan fingerprint density at radius 1 is 1.30 bits per heavy atom. The summed E-state index contributed by atoms with van der Waals surface area (Å²) in [7, 11) is 0. The van der Waals surface area contributed by atoms with Crippen molar-refractivity contribution in [1.82, 2.24) is 10.3 Å². The fourth-order valence-corrected chi connectivity index (χ4v) is 3.38. The number of aromatic nitrogens is 1. The Kier molecular flexibility index (Phi) is 3.81. The molecule has 1 aromatic carbocycles. The molecule has 0 amide bonds. The van der Waals surface area contributed by atoms with Crippen LogP contribution in [0, 0.1) is 11.6 Å². The maximum atomic E-state index is 13.9. The van der Waals surface area contributed by atoms with Gasteiger partial charge in [0.1, 0.15) is 16.6 Å². The largest absolute Gasteiger partial charge is 0.312 e. The summed E-state index contributed by atoms with van der Waals surface area (Å²) in [5, 5.41) is 3.72. The van der Waals surface area contributed by atoms with Gasteiger partial charge in [-0.1, -0.05) is 13.0 Å². The van der Waals surface area contributed by atoms with Crippen molar-refractivity contribution < 1.29 is 8.78 Å². The van der Waals surface area contributed by atoms with E-state index in [1.807, 2.05) is 6.92 Å². The SMILES string of the molecule is CCNCc1sc(-c2c(F)cccc2F)nc1C1CC1. The van der Waals surface area contributed by atoms with Crippen LogP contribution in [-0.4, -0.2) is 11.5 Å². The van der Waals surface area contributed by atoms with Crippen LogP contribution in [-0.2, 0) is 6.54 Å². The van der Waals surface area contributed by atoms with E-state index in [0.29, 0.717) is 10.9 Å². The van der Waals surface area contributed by atoms with Gasteiger partial charge in [-0.15, -0.1) is 11.3 Å². The first-order valence-corrected chi connectivity index (χ1v) is 7.67. The quantitative estimate of drug-likeness (QED) is 0.899. The van der Waals surface area contributed by atoms with Crippen molar-refractivity contribution in [2.24, 2.45) is 0 Å². The van der Waals surface area contributed by atoms with Crippen LogP contribution in [0.1, 0.15) is 36.3 Å². The van der Waals surface area contributed by atoms with E-state index >= 15 is 0 Å². The lowest BCUT2D eigenvalue weighted by Crippen LogP contribution is -2.11. The van der Waals surface area contributed by atoms with Gasteiger partial charge >= 0.3 is 0 Å². The molecule has 20 heavy (non-hydrogen) atoms. The third kappa shape index (κ3) is 2.60. The van der Waals surface area contributed by atoms with E-state index in [1.54, 1.807) is 0 Å². The summed E-state index contributed by atoms with van der Waals surface area (Å²) >= 11 is 1.40. The van der Waals surface area contributed by atoms with Crippen molar-refractivity contribution in [3.05, 3.63) is 40.4 Å². The number of hydrogen-bond donors (Lipinski definition) is 1. The molecule has 1 heterocycles. The first-order chi connectivity index (χ1) is 9.70. The summed E-state index contributed by atoms with van der Waals surface area (Å²) in [5.74, 6) is -0.615. The minimum absolute atomic E-state index is 0.00199. The molecular weight excluding hydrogens is 278 g/mol. The Bertz CT molecular complexity index is 600. The molecule has 1 aliphatic carbocycles. The van der Waals surface area contributed by atoms with Crippen molar-refractivity contribution in [3.63, 3.8) is 0 Å². The van der Waals surface area contributed by atoms with Gasteiger partial charge in [-0.3, -0.25) is 0 Å². The van der Waals surface area contributed by atoms with E-state index in [-0.39, 0.29) is 5.56 Å². The molecular formula is C15H16F2N2S. The van der Waals surface area contributed by atoms with E-state index in [2.05, 4.69) is 10.3 Å². The number of halogens is 2. The second kappa shape index (κ2) is 5.58. The van der Waals surface area contributed by atoms with Crippen molar-refractivity contribution in [2.75, 3.05) is 6.54 Å². The van der Waals surface area contributed by atoms with Gasteiger partial charge in [-0.2, -0.15) is 0 Å². The van der Waals surface area contributed by atoms with Crippen LogP contribution < -0.4 is 5.32 Å². The third-order valence-electron chi connectivity index (χ3n) is 3.40. The molecule has 0 atom stereocenters. The second-order valence-electron chi connectivity index (χ2n) is 4.98. The zero-order valence-corrected chi connectivity index (χ0v) is 12.1. The van der Waals surface area contributed by atoms with Gasteiger partial charge in [0.05, 0.1) is 11.3 Å². The van der Waals surface area contributed by atoms with E-state index in [4.69, 9.17) is 0 Å². The molecule has 3 rings (SSSR count). The van der Waals surface area contributed by atoms with E-state index in [9.17, 15) is 8.78 Å². The standard InChI is InChI=1S/C15H16F2N2S/c1-2-18-8-12-14(9-6-7-9)19-15(20-12)13-10(16)4-3-5-11(13)17/h3-5,9,18H,2,6-8H2,1H3. The molecule has 5 heteroatoms.